The van der Waals surface area contributed by atoms with Crippen molar-refractivity contribution in [2.75, 3.05) is 36.9 Å². The van der Waals surface area contributed by atoms with E-state index in [9.17, 15) is 9.59 Å². The van der Waals surface area contributed by atoms with Crippen LogP contribution in [0.2, 0.25) is 0 Å². The van der Waals surface area contributed by atoms with Crippen molar-refractivity contribution >= 4 is 23.4 Å². The van der Waals surface area contributed by atoms with Crippen LogP contribution >= 0.6 is 0 Å². The number of carbonyl (C=O) groups excluding carboxylic acids is 1. The van der Waals surface area contributed by atoms with Gasteiger partial charge in [-0.1, -0.05) is 0 Å². The molecular formula is C14H19N3O3. The fraction of sp³-hybridized carbons (Fsp3) is 0.429. The highest BCUT2D eigenvalue weighted by Gasteiger charge is 2.14. The Bertz CT molecular complexity index is 481. The first-order chi connectivity index (χ1) is 9.56. The molecular weight excluding hydrogens is 258 g/mol. The summed E-state index contributed by atoms with van der Waals surface area (Å²) in [6.07, 6.45) is 2.44. The normalized spacial score (nSPS) is 14.2. The maximum Gasteiger partial charge on any atom is 0.323 e. The Morgan fingerprint density at radius 3 is 2.40 bits per heavy atom. The molecule has 6 nitrogen and oxygen atoms in total. The monoisotopic (exact) mass is 277 g/mol. The van der Waals surface area contributed by atoms with Gasteiger partial charge in [0.2, 0.25) is 0 Å². The molecule has 0 aliphatic carbocycles. The second kappa shape index (κ2) is 6.27. The number of carboxylic acid groups (broad SMARTS) is 1. The maximum atomic E-state index is 11.7. The highest BCUT2D eigenvalue weighted by atomic mass is 16.4. The Hall–Kier alpha value is -2.24. The van der Waals surface area contributed by atoms with Crippen molar-refractivity contribution in [1.29, 1.82) is 0 Å². The fourth-order valence-electron chi connectivity index (χ4n) is 2.22. The van der Waals surface area contributed by atoms with Gasteiger partial charge in [-0.15, -0.1) is 0 Å². The number of anilines is 2. The lowest BCUT2D eigenvalue weighted by atomic mass is 10.2. The second-order valence-corrected chi connectivity index (χ2v) is 4.92. The first-order valence-electron chi connectivity index (χ1n) is 6.65. The van der Waals surface area contributed by atoms with E-state index in [-0.39, 0.29) is 6.54 Å². The Labute approximate surface area is 118 Å². The van der Waals surface area contributed by atoms with Gasteiger partial charge in [0.25, 0.3) is 0 Å². The quantitative estimate of drug-likeness (QED) is 0.880. The van der Waals surface area contributed by atoms with Crippen LogP contribution in [0.25, 0.3) is 0 Å². The first-order valence-corrected chi connectivity index (χ1v) is 6.65. The molecule has 0 bridgehead atoms. The predicted molar refractivity (Wildman–Crippen MR) is 77.2 cm³/mol. The summed E-state index contributed by atoms with van der Waals surface area (Å²) in [6.45, 7) is 1.83. The zero-order chi connectivity index (χ0) is 14.5. The van der Waals surface area contributed by atoms with Crippen molar-refractivity contribution in [1.82, 2.24) is 4.90 Å². The molecule has 1 heterocycles. The summed E-state index contributed by atoms with van der Waals surface area (Å²) in [5.41, 5.74) is 1.81. The molecule has 1 aromatic carbocycles. The Kier molecular flexibility index (Phi) is 4.45. The third kappa shape index (κ3) is 3.63. The topological polar surface area (TPSA) is 72.9 Å². The van der Waals surface area contributed by atoms with Crippen molar-refractivity contribution in [3.8, 4) is 0 Å². The van der Waals surface area contributed by atoms with Crippen LogP contribution in [0.3, 0.4) is 0 Å². The van der Waals surface area contributed by atoms with E-state index in [0.29, 0.717) is 5.69 Å². The van der Waals surface area contributed by atoms with Gasteiger partial charge in [-0.2, -0.15) is 0 Å². The summed E-state index contributed by atoms with van der Waals surface area (Å²) in [4.78, 5) is 25.7. The van der Waals surface area contributed by atoms with Crippen molar-refractivity contribution in [2.24, 2.45) is 0 Å². The number of amides is 2. The lowest BCUT2D eigenvalue weighted by molar-refractivity contribution is -0.137. The van der Waals surface area contributed by atoms with Gasteiger partial charge >= 0.3 is 12.0 Å². The van der Waals surface area contributed by atoms with Crippen LogP contribution in [-0.2, 0) is 4.79 Å². The minimum atomic E-state index is -1.04. The summed E-state index contributed by atoms with van der Waals surface area (Å²) in [7, 11) is 1.45. The number of carboxylic acids is 1. The molecule has 0 saturated carbocycles. The maximum absolute atomic E-state index is 11.7. The van der Waals surface area contributed by atoms with Crippen LogP contribution in [0, 0.1) is 0 Å². The van der Waals surface area contributed by atoms with Gasteiger partial charge in [-0.05, 0) is 37.1 Å². The smallest absolute Gasteiger partial charge is 0.323 e. The van der Waals surface area contributed by atoms with E-state index >= 15 is 0 Å². The largest absolute Gasteiger partial charge is 0.480 e. The zero-order valence-corrected chi connectivity index (χ0v) is 11.5. The average Bonchev–Trinajstić information content (AvgIpc) is 2.92. The highest BCUT2D eigenvalue weighted by molar-refractivity contribution is 5.91. The molecule has 0 spiro atoms. The molecule has 2 amide bonds. The van der Waals surface area contributed by atoms with Gasteiger partial charge in [0.05, 0.1) is 0 Å². The average molecular weight is 277 g/mol. The Morgan fingerprint density at radius 2 is 1.85 bits per heavy atom. The van der Waals surface area contributed by atoms with E-state index in [4.69, 9.17) is 5.11 Å². The van der Waals surface area contributed by atoms with E-state index in [1.807, 2.05) is 24.3 Å². The SMILES string of the molecule is CN(CC(=O)O)C(=O)Nc1ccc(N2CCCC2)cc1. The third-order valence-electron chi connectivity index (χ3n) is 3.31. The van der Waals surface area contributed by atoms with Gasteiger partial charge in [0.1, 0.15) is 6.54 Å². The van der Waals surface area contributed by atoms with Gasteiger partial charge in [0.15, 0.2) is 0 Å². The van der Waals surface area contributed by atoms with E-state index in [1.165, 1.54) is 19.9 Å². The molecule has 20 heavy (non-hydrogen) atoms. The molecule has 6 heteroatoms. The number of urea groups is 1. The minimum absolute atomic E-state index is 0.322. The number of likely N-dealkylation sites (N-methyl/N-ethyl adjacent to an activating group) is 1. The lowest BCUT2D eigenvalue weighted by Gasteiger charge is -2.19. The van der Waals surface area contributed by atoms with E-state index < -0.39 is 12.0 Å². The zero-order valence-electron chi connectivity index (χ0n) is 11.5. The standard InChI is InChI=1S/C14H19N3O3/c1-16(10-13(18)19)14(20)15-11-4-6-12(7-5-11)17-8-2-3-9-17/h4-7H,2-3,8-10H2,1H3,(H,15,20)(H,18,19). The van der Waals surface area contributed by atoms with Crippen LogP contribution in [0.5, 0.6) is 0 Å². The van der Waals surface area contributed by atoms with Crippen molar-refractivity contribution < 1.29 is 14.7 Å². The summed E-state index contributed by atoms with van der Waals surface area (Å²) >= 11 is 0. The molecule has 2 N–H and O–H groups in total. The molecule has 1 aromatic rings. The Balaban J connectivity index is 1.93. The molecule has 108 valence electrons. The van der Waals surface area contributed by atoms with Gasteiger partial charge in [-0.25, -0.2) is 4.79 Å². The highest BCUT2D eigenvalue weighted by Crippen LogP contribution is 2.22. The number of hydrogen-bond acceptors (Lipinski definition) is 3. The van der Waals surface area contributed by atoms with Gasteiger partial charge in [0, 0.05) is 31.5 Å². The molecule has 0 atom stereocenters. The molecule has 0 radical (unpaired) electrons. The van der Waals surface area contributed by atoms with Crippen molar-refractivity contribution in [2.45, 2.75) is 12.8 Å². The van der Waals surface area contributed by atoms with Crippen LogP contribution in [-0.4, -0.2) is 48.7 Å². The van der Waals surface area contributed by atoms with E-state index in [0.717, 1.165) is 23.7 Å². The van der Waals surface area contributed by atoms with E-state index in [2.05, 4.69) is 10.2 Å². The molecule has 0 unspecified atom stereocenters. The number of rotatable bonds is 4. The van der Waals surface area contributed by atoms with Crippen LogP contribution < -0.4 is 10.2 Å². The van der Waals surface area contributed by atoms with Crippen LogP contribution in [0.1, 0.15) is 12.8 Å². The number of carbonyl (C=O) groups is 2. The van der Waals surface area contributed by atoms with Gasteiger partial charge in [-0.3, -0.25) is 4.79 Å². The number of nitrogens with one attached hydrogen (secondary N) is 1. The number of hydrogen-bond donors (Lipinski definition) is 2. The fourth-order valence-corrected chi connectivity index (χ4v) is 2.22. The molecule has 1 aliphatic rings. The Morgan fingerprint density at radius 1 is 1.25 bits per heavy atom. The molecule has 1 saturated heterocycles. The van der Waals surface area contributed by atoms with E-state index in [1.54, 1.807) is 0 Å². The molecule has 0 aromatic heterocycles. The predicted octanol–water partition coefficient (Wildman–Crippen LogP) is 1.84. The lowest BCUT2D eigenvalue weighted by Crippen LogP contribution is -2.35. The molecule has 2 rings (SSSR count). The van der Waals surface area contributed by atoms with Crippen LogP contribution in [0.4, 0.5) is 16.2 Å². The third-order valence-corrected chi connectivity index (χ3v) is 3.31. The second-order valence-electron chi connectivity index (χ2n) is 4.92. The molecule has 1 aliphatic heterocycles. The minimum Gasteiger partial charge on any atom is -0.480 e. The number of nitrogens with zero attached hydrogens (tertiary/aromatic N) is 2. The van der Waals surface area contributed by atoms with Crippen molar-refractivity contribution in [3.63, 3.8) is 0 Å². The number of aliphatic carboxylic acids is 1. The summed E-state index contributed by atoms with van der Waals surface area (Å²) < 4.78 is 0. The van der Waals surface area contributed by atoms with Gasteiger partial charge < -0.3 is 20.2 Å². The summed E-state index contributed by atoms with van der Waals surface area (Å²) in [5.74, 6) is -1.04. The summed E-state index contributed by atoms with van der Waals surface area (Å²) in [5, 5.41) is 11.3. The van der Waals surface area contributed by atoms with Crippen LogP contribution in [0.15, 0.2) is 24.3 Å². The summed E-state index contributed by atoms with van der Waals surface area (Å²) in [6, 6.07) is 7.18. The first kappa shape index (κ1) is 14.2. The van der Waals surface area contributed by atoms with Crippen molar-refractivity contribution in [3.05, 3.63) is 24.3 Å². The molecule has 1 fully saturated rings. The number of benzene rings is 1.